The molecule has 0 atom stereocenters. The molecule has 0 aliphatic heterocycles. The SMILES string of the molecule is CCCOCCSC(C)(C)SCCOC(=O)CCN(CCC(=O)OCCSC(C)(C)SCCOCCC)CCN(C)CCCN(C)CCN(CCC(=O)OCCSC(C)(C)SCCOCCC)CCC(=O)OCCSC(C)(C)SCCOCCC. The Bertz CT molecular complexity index is 1440. The summed E-state index contributed by atoms with van der Waals surface area (Å²) in [6.45, 7) is 40.1. The molecule has 0 aromatic heterocycles. The van der Waals surface area contributed by atoms with E-state index in [1.165, 1.54) is 0 Å². The van der Waals surface area contributed by atoms with Crippen molar-refractivity contribution in [3.05, 3.63) is 0 Å². The van der Waals surface area contributed by atoms with Crippen LogP contribution in [0.1, 0.15) is 141 Å². The summed E-state index contributed by atoms with van der Waals surface area (Å²) >= 11 is 14.6. The second kappa shape index (κ2) is 54.9. The maximum absolute atomic E-state index is 13.0. The molecule has 85 heavy (non-hydrogen) atoms. The van der Waals surface area contributed by atoms with Crippen LogP contribution < -0.4 is 0 Å². The second-order valence-electron chi connectivity index (χ2n) is 22.4. The largest absolute Gasteiger partial charge is 0.465 e. The van der Waals surface area contributed by atoms with Gasteiger partial charge in [-0.25, -0.2) is 0 Å². The molecule has 0 aliphatic rings. The Morgan fingerprint density at radius 3 is 0.718 bits per heavy atom. The number of nitrogens with zero attached hydrogens (tertiary/aromatic N) is 4. The molecule has 0 fully saturated rings. The first-order valence-electron chi connectivity index (χ1n) is 31.3. The van der Waals surface area contributed by atoms with Gasteiger partial charge >= 0.3 is 23.9 Å². The Kier molecular flexibility index (Phi) is 55.1. The van der Waals surface area contributed by atoms with Crippen LogP contribution in [0.5, 0.6) is 0 Å². The zero-order valence-electron chi connectivity index (χ0n) is 55.5. The number of hydrogen-bond acceptors (Lipinski definition) is 24. The lowest BCUT2D eigenvalue weighted by atomic mass is 10.3. The van der Waals surface area contributed by atoms with Gasteiger partial charge in [-0.15, -0.1) is 94.1 Å². The van der Waals surface area contributed by atoms with Crippen molar-refractivity contribution in [2.45, 2.75) is 157 Å². The summed E-state index contributed by atoms with van der Waals surface area (Å²) in [6.07, 6.45) is 5.98. The van der Waals surface area contributed by atoms with Gasteiger partial charge in [0, 0.05) is 125 Å². The summed E-state index contributed by atoms with van der Waals surface area (Å²) in [6, 6.07) is 0. The first kappa shape index (κ1) is 85.4. The third-order valence-corrected chi connectivity index (χ3v) is 23.8. The van der Waals surface area contributed by atoms with E-state index in [0.29, 0.717) is 88.7 Å². The molecule has 0 rings (SSSR count). The highest BCUT2D eigenvalue weighted by atomic mass is 32.2. The number of hydrogen-bond donors (Lipinski definition) is 0. The van der Waals surface area contributed by atoms with Gasteiger partial charge in [-0.3, -0.25) is 19.2 Å². The number of likely N-dealkylation sites (N-methyl/N-ethyl adjacent to an activating group) is 2. The predicted octanol–water partition coefficient (Wildman–Crippen LogP) is 12.1. The molecular weight excluding hydrogens is 1240 g/mol. The molecule has 0 saturated heterocycles. The number of esters is 4. The molecule has 0 amide bonds. The third-order valence-electron chi connectivity index (χ3n) is 12.5. The van der Waals surface area contributed by atoms with Crippen LogP contribution in [0.3, 0.4) is 0 Å². The predicted molar refractivity (Wildman–Crippen MR) is 375 cm³/mol. The van der Waals surface area contributed by atoms with E-state index < -0.39 is 0 Å². The van der Waals surface area contributed by atoms with Gasteiger partial charge in [0.25, 0.3) is 0 Å². The Morgan fingerprint density at radius 2 is 0.506 bits per heavy atom. The maximum atomic E-state index is 13.0. The molecule has 0 aliphatic carbocycles. The summed E-state index contributed by atoms with van der Waals surface area (Å²) in [5.74, 6) is 5.64. The molecule has 0 N–H and O–H groups in total. The topological polar surface area (TPSA) is 155 Å². The van der Waals surface area contributed by atoms with Gasteiger partial charge in [-0.05, 0) is 115 Å². The molecule has 24 heteroatoms. The van der Waals surface area contributed by atoms with Gasteiger partial charge < -0.3 is 57.5 Å². The summed E-state index contributed by atoms with van der Waals surface area (Å²) in [7, 11) is 4.22. The molecule has 0 aromatic carbocycles. The fraction of sp³-hybridized carbons (Fsp3) is 0.934. The normalized spacial score (nSPS) is 12.5. The van der Waals surface area contributed by atoms with Crippen molar-refractivity contribution >= 4 is 118 Å². The van der Waals surface area contributed by atoms with Crippen molar-refractivity contribution in [1.82, 2.24) is 19.6 Å². The van der Waals surface area contributed by atoms with Crippen LogP contribution in [0.15, 0.2) is 0 Å². The average molecular weight is 1360 g/mol. The Morgan fingerprint density at radius 1 is 0.294 bits per heavy atom. The molecule has 0 heterocycles. The van der Waals surface area contributed by atoms with Gasteiger partial charge in [0.05, 0.1) is 68.4 Å². The van der Waals surface area contributed by atoms with Crippen LogP contribution >= 0.6 is 94.1 Å². The van der Waals surface area contributed by atoms with Crippen molar-refractivity contribution in [2.75, 3.05) is 205 Å². The van der Waals surface area contributed by atoms with Crippen LogP contribution in [-0.4, -0.2) is 265 Å². The van der Waals surface area contributed by atoms with E-state index in [0.717, 1.165) is 134 Å². The smallest absolute Gasteiger partial charge is 0.307 e. The maximum Gasteiger partial charge on any atom is 0.307 e. The quantitative estimate of drug-likeness (QED) is 0.0245. The molecule has 0 saturated carbocycles. The Labute approximate surface area is 552 Å². The highest BCUT2D eigenvalue weighted by molar-refractivity contribution is 8.19. The summed E-state index contributed by atoms with van der Waals surface area (Å²) in [5.41, 5.74) is 0. The summed E-state index contributed by atoms with van der Waals surface area (Å²) in [4.78, 5) is 61.0. The number of carbonyl (C=O) groups is 4. The van der Waals surface area contributed by atoms with Crippen LogP contribution in [0.25, 0.3) is 0 Å². The molecule has 0 radical (unpaired) electrons. The highest BCUT2D eigenvalue weighted by Crippen LogP contribution is 2.38. The first-order chi connectivity index (χ1) is 40.5. The monoisotopic (exact) mass is 1360 g/mol. The lowest BCUT2D eigenvalue weighted by molar-refractivity contribution is -0.145. The second-order valence-corrected chi connectivity index (χ2v) is 37.1. The number of thioether (sulfide) groups is 8. The molecular formula is C61H120N4O12S8. The molecule has 0 spiro atoms. The standard InChI is InChI=1S/C61H120N4O12S8/c1-15-34-70-38-46-78-58(5,6)82-50-42-74-54(66)20-26-64(27-21-55(67)75-43-51-83-59(7,8)79-47-39-71-35-16-2)32-30-62(13)24-19-25-63(14)31-33-65(28-22-56(68)76-44-52-84-60(9,10)80-48-40-72-36-17-3)29-23-57(69)77-45-53-85-61(11,12)81-49-41-73-37-18-4/h15-53H2,1-14H3. The van der Waals surface area contributed by atoms with Crippen molar-refractivity contribution in [1.29, 1.82) is 0 Å². The van der Waals surface area contributed by atoms with E-state index in [-0.39, 0.29) is 65.9 Å². The first-order valence-corrected chi connectivity index (χ1v) is 39.2. The molecule has 0 bridgehead atoms. The summed E-state index contributed by atoms with van der Waals surface area (Å²) in [5, 5.41) is 0. The van der Waals surface area contributed by atoms with Gasteiger partial charge in [-0.1, -0.05) is 27.7 Å². The van der Waals surface area contributed by atoms with Crippen LogP contribution in [0.2, 0.25) is 0 Å². The van der Waals surface area contributed by atoms with Crippen molar-refractivity contribution < 1.29 is 57.1 Å². The summed E-state index contributed by atoms with van der Waals surface area (Å²) < 4.78 is 45.3. The van der Waals surface area contributed by atoms with Gasteiger partial charge in [0.1, 0.15) is 26.4 Å². The van der Waals surface area contributed by atoms with E-state index in [4.69, 9.17) is 37.9 Å². The number of rotatable bonds is 62. The van der Waals surface area contributed by atoms with Crippen molar-refractivity contribution in [3.63, 3.8) is 0 Å². The minimum atomic E-state index is -0.233. The van der Waals surface area contributed by atoms with Crippen molar-refractivity contribution in [3.8, 4) is 0 Å². The lowest BCUT2D eigenvalue weighted by Crippen LogP contribution is -2.38. The Balaban J connectivity index is 5.40. The molecule has 504 valence electrons. The highest BCUT2D eigenvalue weighted by Gasteiger charge is 2.23. The van der Waals surface area contributed by atoms with Gasteiger partial charge in [0.15, 0.2) is 0 Å². The van der Waals surface area contributed by atoms with Gasteiger partial charge in [0.2, 0.25) is 0 Å². The number of ether oxygens (including phenoxy) is 8. The van der Waals surface area contributed by atoms with Crippen molar-refractivity contribution in [2.24, 2.45) is 0 Å². The van der Waals surface area contributed by atoms with E-state index in [1.807, 2.05) is 47.0 Å². The van der Waals surface area contributed by atoms with Crippen LogP contribution in [0, 0.1) is 0 Å². The van der Waals surface area contributed by atoms with E-state index >= 15 is 0 Å². The zero-order valence-corrected chi connectivity index (χ0v) is 62.1. The third kappa shape index (κ3) is 56.8. The lowest BCUT2D eigenvalue weighted by Gasteiger charge is -2.27. The number of carbonyl (C=O) groups excluding carboxylic acids is 4. The van der Waals surface area contributed by atoms with Gasteiger partial charge in [-0.2, -0.15) is 0 Å². The molecule has 16 nitrogen and oxygen atoms in total. The minimum Gasteiger partial charge on any atom is -0.465 e. The van der Waals surface area contributed by atoms with Crippen LogP contribution in [0.4, 0.5) is 0 Å². The Hall–Kier alpha value is 0.360. The zero-order chi connectivity index (χ0) is 63.5. The fourth-order valence-corrected chi connectivity index (χ4v) is 16.5. The molecule has 0 aromatic rings. The molecule has 0 unspecified atom stereocenters. The van der Waals surface area contributed by atoms with E-state index in [9.17, 15) is 19.2 Å². The fourth-order valence-electron chi connectivity index (χ4n) is 7.73. The minimum absolute atomic E-state index is 0.00748. The van der Waals surface area contributed by atoms with E-state index in [1.54, 1.807) is 47.0 Å². The van der Waals surface area contributed by atoms with Crippen LogP contribution in [-0.2, 0) is 57.1 Å². The van der Waals surface area contributed by atoms with E-state index in [2.05, 4.69) is 117 Å². The average Bonchev–Trinajstić information content (AvgIpc) is 3.47.